The second kappa shape index (κ2) is 11.3. The fourth-order valence-electron chi connectivity index (χ4n) is 2.58. The summed E-state index contributed by atoms with van der Waals surface area (Å²) in [6.07, 6.45) is -4.22. The van der Waals surface area contributed by atoms with E-state index < -0.39 is 22.2 Å². The number of halogens is 3. The van der Waals surface area contributed by atoms with Crippen molar-refractivity contribution in [3.05, 3.63) is 29.8 Å². The first-order chi connectivity index (χ1) is 13.9. The number of aryl methyl sites for hydroxylation is 1. The molecule has 0 bridgehead atoms. The molecule has 1 aromatic carbocycles. The van der Waals surface area contributed by atoms with Crippen LogP contribution in [0, 0.1) is 0 Å². The molecule has 2 rings (SSSR count). The van der Waals surface area contributed by atoms with Crippen LogP contribution in [0.4, 0.5) is 13.2 Å². The number of hydrogen-bond acceptors (Lipinski definition) is 5. The minimum atomic E-state index is -5.08. The molecular formula is C18H26F3N3O5S. The molecule has 0 spiro atoms. The second-order valence-electron chi connectivity index (χ2n) is 6.36. The van der Waals surface area contributed by atoms with Gasteiger partial charge in [-0.05, 0) is 24.1 Å². The number of carbonyl (C=O) groups is 2. The smallest absolute Gasteiger partial charge is 0.475 e. The molecule has 30 heavy (non-hydrogen) atoms. The summed E-state index contributed by atoms with van der Waals surface area (Å²) in [7, 11) is -3.64. The topological polar surface area (TPSA) is 107 Å². The minimum absolute atomic E-state index is 0.103. The van der Waals surface area contributed by atoms with Gasteiger partial charge in [0.1, 0.15) is 0 Å². The number of carboxylic acids is 1. The zero-order valence-electron chi connectivity index (χ0n) is 16.8. The molecule has 2 N–H and O–H groups in total. The van der Waals surface area contributed by atoms with E-state index in [4.69, 9.17) is 9.90 Å². The molecule has 1 aliphatic rings. The van der Waals surface area contributed by atoms with Crippen molar-refractivity contribution in [3.8, 4) is 0 Å². The van der Waals surface area contributed by atoms with Crippen molar-refractivity contribution in [1.29, 1.82) is 0 Å². The number of amides is 1. The summed E-state index contributed by atoms with van der Waals surface area (Å²) in [5, 5.41) is 10.3. The Bertz CT molecular complexity index is 807. The van der Waals surface area contributed by atoms with Gasteiger partial charge in [0.05, 0.1) is 11.4 Å². The molecular weight excluding hydrogens is 427 g/mol. The van der Waals surface area contributed by atoms with Crippen molar-refractivity contribution in [1.82, 2.24) is 14.5 Å². The Labute approximate surface area is 173 Å². The lowest BCUT2D eigenvalue weighted by Crippen LogP contribution is -2.50. The maximum Gasteiger partial charge on any atom is 0.490 e. The number of hydrogen-bond donors (Lipinski definition) is 2. The number of nitrogens with one attached hydrogen (secondary N) is 1. The average molecular weight is 453 g/mol. The summed E-state index contributed by atoms with van der Waals surface area (Å²) >= 11 is 0. The van der Waals surface area contributed by atoms with Crippen LogP contribution in [0.5, 0.6) is 0 Å². The van der Waals surface area contributed by atoms with Gasteiger partial charge < -0.3 is 15.3 Å². The Morgan fingerprint density at radius 3 is 2.03 bits per heavy atom. The van der Waals surface area contributed by atoms with Gasteiger partial charge in [-0.3, -0.25) is 4.79 Å². The van der Waals surface area contributed by atoms with Crippen LogP contribution >= 0.6 is 0 Å². The Hall–Kier alpha value is -2.18. The number of aliphatic carboxylic acids is 1. The second-order valence-corrected chi connectivity index (χ2v) is 8.30. The van der Waals surface area contributed by atoms with Crippen molar-refractivity contribution in [2.45, 2.75) is 31.3 Å². The summed E-state index contributed by atoms with van der Waals surface area (Å²) in [4.78, 5) is 23.2. The van der Waals surface area contributed by atoms with E-state index in [2.05, 4.69) is 5.32 Å². The number of nitrogens with zero attached hydrogens (tertiary/aromatic N) is 2. The van der Waals surface area contributed by atoms with Crippen LogP contribution in [-0.4, -0.2) is 80.1 Å². The zero-order valence-corrected chi connectivity index (χ0v) is 17.6. The zero-order chi connectivity index (χ0) is 22.9. The number of piperazine rings is 1. The average Bonchev–Trinajstić information content (AvgIpc) is 2.72. The molecule has 1 aromatic rings. The molecule has 0 aromatic heterocycles. The van der Waals surface area contributed by atoms with Gasteiger partial charge in [0.2, 0.25) is 15.9 Å². The van der Waals surface area contributed by atoms with Crippen LogP contribution in [0.2, 0.25) is 0 Å². The molecule has 1 saturated heterocycles. The fraction of sp³-hybridized carbons (Fsp3) is 0.556. The van der Waals surface area contributed by atoms with Crippen molar-refractivity contribution in [3.63, 3.8) is 0 Å². The van der Waals surface area contributed by atoms with Gasteiger partial charge in [0.25, 0.3) is 0 Å². The van der Waals surface area contributed by atoms with E-state index in [1.807, 2.05) is 19.1 Å². The fourth-order valence-corrected chi connectivity index (χ4v) is 3.98. The van der Waals surface area contributed by atoms with Crippen molar-refractivity contribution < 1.29 is 36.3 Å². The third-order valence-electron chi connectivity index (χ3n) is 4.35. The molecule has 12 heteroatoms. The highest BCUT2D eigenvalue weighted by Crippen LogP contribution is 2.17. The van der Waals surface area contributed by atoms with E-state index in [1.165, 1.54) is 4.31 Å². The molecule has 0 saturated carbocycles. The number of rotatable bonds is 6. The largest absolute Gasteiger partial charge is 0.490 e. The van der Waals surface area contributed by atoms with Crippen LogP contribution < -0.4 is 5.32 Å². The van der Waals surface area contributed by atoms with Gasteiger partial charge in [0.15, 0.2) is 0 Å². The predicted molar refractivity (Wildman–Crippen MR) is 103 cm³/mol. The van der Waals surface area contributed by atoms with Crippen LogP contribution in [0.3, 0.4) is 0 Å². The molecule has 0 unspecified atom stereocenters. The van der Waals surface area contributed by atoms with E-state index in [0.717, 1.165) is 25.1 Å². The highest BCUT2D eigenvalue weighted by molar-refractivity contribution is 7.89. The molecule has 0 atom stereocenters. The molecule has 0 aliphatic carbocycles. The lowest BCUT2D eigenvalue weighted by molar-refractivity contribution is -0.192. The predicted octanol–water partition coefficient (Wildman–Crippen LogP) is 1.32. The minimum Gasteiger partial charge on any atom is -0.475 e. The molecule has 1 amide bonds. The third kappa shape index (κ3) is 7.58. The number of carbonyl (C=O) groups excluding carboxylic acids is 1. The summed E-state index contributed by atoms with van der Waals surface area (Å²) in [6.45, 7) is 6.70. The Morgan fingerprint density at radius 1 is 1.13 bits per heavy atom. The summed E-state index contributed by atoms with van der Waals surface area (Å²) < 4.78 is 58.4. The van der Waals surface area contributed by atoms with E-state index >= 15 is 0 Å². The summed E-state index contributed by atoms with van der Waals surface area (Å²) in [5.74, 6) is -2.89. The van der Waals surface area contributed by atoms with Gasteiger partial charge in [-0.15, -0.1) is 0 Å². The molecule has 1 heterocycles. The molecule has 8 nitrogen and oxygen atoms in total. The molecule has 170 valence electrons. The van der Waals surface area contributed by atoms with Gasteiger partial charge in [-0.1, -0.05) is 26.0 Å². The van der Waals surface area contributed by atoms with Gasteiger partial charge in [-0.2, -0.15) is 17.5 Å². The Balaban J connectivity index is 0.000000553. The Kier molecular flexibility index (Phi) is 9.72. The van der Waals surface area contributed by atoms with E-state index in [1.54, 1.807) is 24.0 Å². The van der Waals surface area contributed by atoms with Crippen molar-refractivity contribution in [2.24, 2.45) is 0 Å². The highest BCUT2D eigenvalue weighted by atomic mass is 32.2. The number of carboxylic acid groups (broad SMARTS) is 1. The monoisotopic (exact) mass is 453 g/mol. The van der Waals surface area contributed by atoms with E-state index in [-0.39, 0.29) is 23.9 Å². The lowest BCUT2D eigenvalue weighted by Gasteiger charge is -2.29. The summed E-state index contributed by atoms with van der Waals surface area (Å²) in [5.41, 5.74) is 1.09. The van der Waals surface area contributed by atoms with Crippen LogP contribution in [0.25, 0.3) is 0 Å². The molecule has 1 fully saturated rings. The van der Waals surface area contributed by atoms with Crippen LogP contribution in [-0.2, 0) is 26.0 Å². The molecule has 0 radical (unpaired) electrons. The first kappa shape index (κ1) is 25.9. The number of sulfonamides is 1. The first-order valence-corrected chi connectivity index (χ1v) is 10.7. The summed E-state index contributed by atoms with van der Waals surface area (Å²) in [6, 6.07) is 6.87. The van der Waals surface area contributed by atoms with Crippen LogP contribution in [0.15, 0.2) is 29.2 Å². The lowest BCUT2D eigenvalue weighted by atomic mass is 10.2. The highest BCUT2D eigenvalue weighted by Gasteiger charge is 2.38. The van der Waals surface area contributed by atoms with Crippen LogP contribution in [0.1, 0.15) is 19.4 Å². The number of likely N-dealkylation sites (N-methyl/N-ethyl adjacent to an activating group) is 1. The number of alkyl halides is 3. The standard InChI is InChI=1S/C16H25N3O3S.C2HF3O2/c1-3-14-5-7-15(8-6-14)23(21,22)19(4-2)13-16(20)18-11-9-17-10-12-18;3-2(4,5)1(6)7/h5-8,17H,3-4,9-13H2,1-2H3;(H,6,7). The van der Waals surface area contributed by atoms with E-state index in [9.17, 15) is 26.4 Å². The normalized spacial score (nSPS) is 14.8. The maximum absolute atomic E-state index is 12.7. The Morgan fingerprint density at radius 2 is 1.63 bits per heavy atom. The van der Waals surface area contributed by atoms with Gasteiger partial charge in [0, 0.05) is 32.7 Å². The maximum atomic E-state index is 12.7. The van der Waals surface area contributed by atoms with E-state index in [0.29, 0.717) is 13.1 Å². The quantitative estimate of drug-likeness (QED) is 0.673. The van der Waals surface area contributed by atoms with Gasteiger partial charge >= 0.3 is 12.1 Å². The van der Waals surface area contributed by atoms with Crippen molar-refractivity contribution in [2.75, 3.05) is 39.3 Å². The first-order valence-electron chi connectivity index (χ1n) is 9.31. The van der Waals surface area contributed by atoms with Gasteiger partial charge in [-0.25, -0.2) is 13.2 Å². The third-order valence-corrected chi connectivity index (χ3v) is 6.28. The molecule has 1 aliphatic heterocycles. The number of benzene rings is 1. The SMILES string of the molecule is CCc1ccc(S(=O)(=O)N(CC)CC(=O)N2CCNCC2)cc1.O=C(O)C(F)(F)F. The van der Waals surface area contributed by atoms with Crippen molar-refractivity contribution >= 4 is 21.9 Å².